The van der Waals surface area contributed by atoms with E-state index in [1.807, 2.05) is 20.8 Å². The van der Waals surface area contributed by atoms with Crippen molar-refractivity contribution in [2.75, 3.05) is 6.54 Å². The van der Waals surface area contributed by atoms with Crippen molar-refractivity contribution in [1.82, 2.24) is 10.1 Å². The van der Waals surface area contributed by atoms with E-state index in [-0.39, 0.29) is 17.0 Å². The van der Waals surface area contributed by atoms with Crippen molar-refractivity contribution in [1.29, 1.82) is 0 Å². The fraction of sp³-hybridized carbons (Fsp3) is 0.615. The summed E-state index contributed by atoms with van der Waals surface area (Å²) in [6.45, 7) is 6.32. The van der Waals surface area contributed by atoms with E-state index in [2.05, 4.69) is 5.16 Å². The number of carbonyl (C=O) groups excluding carboxylic acids is 1. The van der Waals surface area contributed by atoms with E-state index in [0.717, 1.165) is 0 Å². The fourth-order valence-corrected chi connectivity index (χ4v) is 2.14. The standard InChI is InChI=1S/C13H18N2O4/c1-13(2,3)10-7-8(14-19-10)11(16)15-6-4-5-9(15)12(17)18/h7,9H,4-6H2,1-3H3,(H,17,18)/t9-/m1/s1. The monoisotopic (exact) mass is 266 g/mol. The van der Waals surface area contributed by atoms with Gasteiger partial charge in [-0.3, -0.25) is 4.79 Å². The molecule has 2 rings (SSSR count). The molecule has 1 amide bonds. The maximum atomic E-state index is 12.2. The molecule has 19 heavy (non-hydrogen) atoms. The van der Waals surface area contributed by atoms with Gasteiger partial charge < -0.3 is 14.5 Å². The Morgan fingerprint density at radius 2 is 2.16 bits per heavy atom. The van der Waals surface area contributed by atoms with Crippen LogP contribution in [0.25, 0.3) is 0 Å². The van der Waals surface area contributed by atoms with Crippen molar-refractivity contribution in [2.24, 2.45) is 0 Å². The fourth-order valence-electron chi connectivity index (χ4n) is 2.14. The van der Waals surface area contributed by atoms with E-state index in [1.54, 1.807) is 6.07 Å². The first kappa shape index (κ1) is 13.6. The molecule has 0 spiro atoms. The van der Waals surface area contributed by atoms with Crippen LogP contribution in [-0.2, 0) is 10.2 Å². The number of carboxylic acid groups (broad SMARTS) is 1. The Bertz CT molecular complexity index is 501. The molecule has 0 radical (unpaired) electrons. The normalized spacial score (nSPS) is 19.7. The summed E-state index contributed by atoms with van der Waals surface area (Å²) in [4.78, 5) is 24.7. The van der Waals surface area contributed by atoms with Crippen molar-refractivity contribution >= 4 is 11.9 Å². The van der Waals surface area contributed by atoms with Gasteiger partial charge in [-0.1, -0.05) is 25.9 Å². The number of amides is 1. The van der Waals surface area contributed by atoms with Crippen LogP contribution in [0.5, 0.6) is 0 Å². The average Bonchev–Trinajstić information content (AvgIpc) is 2.96. The molecule has 1 aromatic rings. The molecule has 0 aliphatic carbocycles. The summed E-state index contributed by atoms with van der Waals surface area (Å²) in [5.74, 6) is -0.725. The molecule has 1 aromatic heterocycles. The van der Waals surface area contributed by atoms with Gasteiger partial charge in [0.15, 0.2) is 5.69 Å². The van der Waals surface area contributed by atoms with Crippen molar-refractivity contribution in [3.63, 3.8) is 0 Å². The smallest absolute Gasteiger partial charge is 0.326 e. The Kier molecular flexibility index (Phi) is 3.34. The van der Waals surface area contributed by atoms with Crippen LogP contribution in [0.15, 0.2) is 10.6 Å². The maximum Gasteiger partial charge on any atom is 0.326 e. The Labute approximate surface area is 111 Å². The highest BCUT2D eigenvalue weighted by Gasteiger charge is 2.36. The molecular formula is C13H18N2O4. The molecule has 1 aliphatic rings. The van der Waals surface area contributed by atoms with Crippen molar-refractivity contribution in [2.45, 2.75) is 45.1 Å². The lowest BCUT2D eigenvalue weighted by Crippen LogP contribution is -2.40. The first-order valence-corrected chi connectivity index (χ1v) is 6.31. The van der Waals surface area contributed by atoms with Gasteiger partial charge in [-0.25, -0.2) is 4.79 Å². The molecule has 104 valence electrons. The van der Waals surface area contributed by atoms with Crippen LogP contribution in [-0.4, -0.2) is 39.6 Å². The second kappa shape index (κ2) is 4.68. The van der Waals surface area contributed by atoms with Crippen molar-refractivity contribution < 1.29 is 19.2 Å². The van der Waals surface area contributed by atoms with Gasteiger partial charge in [0, 0.05) is 18.0 Å². The molecule has 0 saturated carbocycles. The number of hydrogen-bond donors (Lipinski definition) is 1. The number of carbonyl (C=O) groups is 2. The van der Waals surface area contributed by atoms with Crippen LogP contribution in [0.1, 0.15) is 49.9 Å². The topological polar surface area (TPSA) is 83.6 Å². The number of carboxylic acids is 1. The zero-order valence-corrected chi connectivity index (χ0v) is 11.3. The predicted molar refractivity (Wildman–Crippen MR) is 66.9 cm³/mol. The van der Waals surface area contributed by atoms with E-state index < -0.39 is 12.0 Å². The van der Waals surface area contributed by atoms with E-state index in [1.165, 1.54) is 4.90 Å². The van der Waals surface area contributed by atoms with Crippen LogP contribution in [0.3, 0.4) is 0 Å². The summed E-state index contributed by atoms with van der Waals surface area (Å²) in [6.07, 6.45) is 1.19. The molecule has 0 unspecified atom stereocenters. The van der Waals surface area contributed by atoms with E-state index in [0.29, 0.717) is 25.1 Å². The van der Waals surface area contributed by atoms with Gasteiger partial charge in [0.2, 0.25) is 0 Å². The molecule has 0 bridgehead atoms. The third kappa shape index (κ3) is 2.62. The summed E-state index contributed by atoms with van der Waals surface area (Å²) in [5.41, 5.74) is -0.0546. The Morgan fingerprint density at radius 3 is 2.68 bits per heavy atom. The van der Waals surface area contributed by atoms with Crippen molar-refractivity contribution in [3.05, 3.63) is 17.5 Å². The van der Waals surface area contributed by atoms with Gasteiger partial charge in [0.05, 0.1) is 0 Å². The summed E-state index contributed by atoms with van der Waals surface area (Å²) < 4.78 is 5.16. The second-order valence-electron chi connectivity index (χ2n) is 5.82. The number of aliphatic carboxylic acids is 1. The van der Waals surface area contributed by atoms with E-state index in [9.17, 15) is 9.59 Å². The SMILES string of the molecule is CC(C)(C)c1cc(C(=O)N2CCC[C@@H]2C(=O)O)no1. The van der Waals surface area contributed by atoms with Crippen LogP contribution in [0.4, 0.5) is 0 Å². The number of aromatic nitrogens is 1. The molecule has 1 aliphatic heterocycles. The number of hydrogen-bond acceptors (Lipinski definition) is 4. The molecule has 6 heteroatoms. The highest BCUT2D eigenvalue weighted by molar-refractivity contribution is 5.95. The first-order valence-electron chi connectivity index (χ1n) is 6.31. The largest absolute Gasteiger partial charge is 0.480 e. The summed E-state index contributed by atoms with van der Waals surface area (Å²) in [6, 6.07) is 0.849. The van der Waals surface area contributed by atoms with Crippen LogP contribution in [0.2, 0.25) is 0 Å². The molecule has 6 nitrogen and oxygen atoms in total. The number of nitrogens with zero attached hydrogens (tertiary/aromatic N) is 2. The molecule has 1 atom stereocenters. The minimum absolute atomic E-state index is 0.179. The van der Waals surface area contributed by atoms with Gasteiger partial charge in [0.1, 0.15) is 11.8 Å². The molecule has 1 N–H and O–H groups in total. The molecular weight excluding hydrogens is 248 g/mol. The van der Waals surface area contributed by atoms with Crippen molar-refractivity contribution in [3.8, 4) is 0 Å². The highest BCUT2D eigenvalue weighted by atomic mass is 16.5. The zero-order chi connectivity index (χ0) is 14.2. The van der Waals surface area contributed by atoms with E-state index >= 15 is 0 Å². The minimum Gasteiger partial charge on any atom is -0.480 e. The predicted octanol–water partition coefficient (Wildman–Crippen LogP) is 1.66. The van der Waals surface area contributed by atoms with Gasteiger partial charge in [-0.05, 0) is 12.8 Å². The molecule has 1 fully saturated rings. The Balaban J connectivity index is 2.20. The maximum absolute atomic E-state index is 12.2. The third-order valence-electron chi connectivity index (χ3n) is 3.27. The quantitative estimate of drug-likeness (QED) is 0.880. The summed E-state index contributed by atoms with van der Waals surface area (Å²) in [5, 5.41) is 12.8. The molecule has 0 aromatic carbocycles. The molecule has 1 saturated heterocycles. The van der Waals surface area contributed by atoms with E-state index in [4.69, 9.17) is 9.63 Å². The minimum atomic E-state index is -0.967. The van der Waals surface area contributed by atoms with Crippen LogP contribution < -0.4 is 0 Å². The zero-order valence-electron chi connectivity index (χ0n) is 11.3. The summed E-state index contributed by atoms with van der Waals surface area (Å²) in [7, 11) is 0. The lowest BCUT2D eigenvalue weighted by atomic mass is 9.93. The summed E-state index contributed by atoms with van der Waals surface area (Å²) >= 11 is 0. The number of likely N-dealkylation sites (tertiary alicyclic amines) is 1. The first-order chi connectivity index (χ1) is 8.80. The van der Waals surface area contributed by atoms with Crippen LogP contribution in [0, 0.1) is 0 Å². The highest BCUT2D eigenvalue weighted by Crippen LogP contribution is 2.25. The number of rotatable bonds is 2. The Hall–Kier alpha value is -1.85. The lowest BCUT2D eigenvalue weighted by molar-refractivity contribution is -0.141. The Morgan fingerprint density at radius 1 is 1.47 bits per heavy atom. The molecule has 2 heterocycles. The van der Waals surface area contributed by atoms with Gasteiger partial charge in [-0.2, -0.15) is 0 Å². The van der Waals surface area contributed by atoms with Gasteiger partial charge >= 0.3 is 5.97 Å². The second-order valence-corrected chi connectivity index (χ2v) is 5.82. The van der Waals surface area contributed by atoms with Gasteiger partial charge in [0.25, 0.3) is 5.91 Å². The average molecular weight is 266 g/mol. The van der Waals surface area contributed by atoms with Crippen LogP contribution >= 0.6 is 0 Å². The third-order valence-corrected chi connectivity index (χ3v) is 3.27. The lowest BCUT2D eigenvalue weighted by Gasteiger charge is -2.19. The van der Waals surface area contributed by atoms with Gasteiger partial charge in [-0.15, -0.1) is 0 Å².